The highest BCUT2D eigenvalue weighted by Crippen LogP contribution is 2.24. The van der Waals surface area contributed by atoms with Crippen LogP contribution in [0.25, 0.3) is 11.0 Å². The van der Waals surface area contributed by atoms with E-state index in [-0.39, 0.29) is 6.10 Å². The molecular formula is C11H15N3O. The molecule has 4 nitrogen and oxygen atoms in total. The lowest BCUT2D eigenvalue weighted by Crippen LogP contribution is -2.06. The molecule has 0 unspecified atom stereocenters. The number of H-pyrrole nitrogens is 1. The van der Waals surface area contributed by atoms with Gasteiger partial charge >= 0.3 is 0 Å². The fourth-order valence-corrected chi connectivity index (χ4v) is 1.52. The van der Waals surface area contributed by atoms with Crippen molar-refractivity contribution in [1.82, 2.24) is 9.97 Å². The zero-order valence-corrected chi connectivity index (χ0v) is 8.95. The first-order valence-corrected chi connectivity index (χ1v) is 5.04. The van der Waals surface area contributed by atoms with Crippen LogP contribution >= 0.6 is 0 Å². The molecule has 2 heterocycles. The van der Waals surface area contributed by atoms with Crippen LogP contribution in [0.1, 0.15) is 19.5 Å². The molecular weight excluding hydrogens is 190 g/mol. The van der Waals surface area contributed by atoms with Gasteiger partial charge in [-0.2, -0.15) is 0 Å². The van der Waals surface area contributed by atoms with Gasteiger partial charge in [0.25, 0.3) is 0 Å². The summed E-state index contributed by atoms with van der Waals surface area (Å²) in [5.41, 5.74) is 8.35. The molecule has 0 aliphatic heterocycles. The van der Waals surface area contributed by atoms with E-state index >= 15 is 0 Å². The van der Waals surface area contributed by atoms with Gasteiger partial charge in [-0.25, -0.2) is 0 Å². The van der Waals surface area contributed by atoms with Crippen LogP contribution in [0.4, 0.5) is 0 Å². The molecule has 15 heavy (non-hydrogen) atoms. The van der Waals surface area contributed by atoms with E-state index in [1.807, 2.05) is 26.0 Å². The Morgan fingerprint density at radius 2 is 2.33 bits per heavy atom. The van der Waals surface area contributed by atoms with Crippen molar-refractivity contribution in [3.8, 4) is 5.75 Å². The van der Waals surface area contributed by atoms with Crippen molar-refractivity contribution in [3.63, 3.8) is 0 Å². The summed E-state index contributed by atoms with van der Waals surface area (Å²) in [6, 6.07) is 3.81. The monoisotopic (exact) mass is 205 g/mol. The first-order valence-electron chi connectivity index (χ1n) is 5.04. The summed E-state index contributed by atoms with van der Waals surface area (Å²) < 4.78 is 5.67. The van der Waals surface area contributed by atoms with E-state index in [2.05, 4.69) is 9.97 Å². The molecule has 0 radical (unpaired) electrons. The molecule has 3 N–H and O–H groups in total. The zero-order chi connectivity index (χ0) is 10.8. The Bertz CT molecular complexity index is 462. The Morgan fingerprint density at radius 1 is 1.53 bits per heavy atom. The molecule has 0 saturated carbocycles. The third kappa shape index (κ3) is 1.94. The van der Waals surface area contributed by atoms with E-state index in [0.29, 0.717) is 6.54 Å². The van der Waals surface area contributed by atoms with Crippen molar-refractivity contribution in [2.75, 3.05) is 0 Å². The SMILES string of the molecule is CC(C)Oc1ccnc2cc(CN)[nH]c12. The maximum Gasteiger partial charge on any atom is 0.146 e. The first kappa shape index (κ1) is 9.98. The minimum absolute atomic E-state index is 0.153. The van der Waals surface area contributed by atoms with Gasteiger partial charge in [-0.15, -0.1) is 0 Å². The molecule has 0 spiro atoms. The maximum absolute atomic E-state index is 5.67. The lowest BCUT2D eigenvalue weighted by atomic mass is 10.3. The third-order valence-electron chi connectivity index (χ3n) is 2.12. The van der Waals surface area contributed by atoms with Crippen molar-refractivity contribution in [2.24, 2.45) is 5.73 Å². The Morgan fingerprint density at radius 3 is 3.00 bits per heavy atom. The fourth-order valence-electron chi connectivity index (χ4n) is 1.52. The molecule has 2 rings (SSSR count). The number of pyridine rings is 1. The first-order chi connectivity index (χ1) is 7.20. The Kier molecular flexibility index (Phi) is 2.60. The second kappa shape index (κ2) is 3.90. The highest BCUT2D eigenvalue weighted by Gasteiger charge is 2.07. The molecule has 0 aromatic carbocycles. The number of ether oxygens (including phenoxy) is 1. The van der Waals surface area contributed by atoms with Crippen LogP contribution in [0.5, 0.6) is 5.75 Å². The Balaban J connectivity index is 2.49. The second-order valence-electron chi connectivity index (χ2n) is 3.73. The number of nitrogens with two attached hydrogens (primary N) is 1. The van der Waals surface area contributed by atoms with Crippen molar-refractivity contribution < 1.29 is 4.74 Å². The highest BCUT2D eigenvalue weighted by molar-refractivity contribution is 5.82. The molecule has 0 amide bonds. The second-order valence-corrected chi connectivity index (χ2v) is 3.73. The summed E-state index contributed by atoms with van der Waals surface area (Å²) in [5.74, 6) is 0.828. The third-order valence-corrected chi connectivity index (χ3v) is 2.12. The van der Waals surface area contributed by atoms with Crippen molar-refractivity contribution in [2.45, 2.75) is 26.5 Å². The predicted octanol–water partition coefficient (Wildman–Crippen LogP) is 1.81. The van der Waals surface area contributed by atoms with Crippen molar-refractivity contribution >= 4 is 11.0 Å². The van der Waals surface area contributed by atoms with Gasteiger partial charge in [0.1, 0.15) is 11.3 Å². The molecule has 0 aliphatic rings. The summed E-state index contributed by atoms with van der Waals surface area (Å²) in [7, 11) is 0. The number of aromatic amines is 1. The molecule has 0 fully saturated rings. The number of aromatic nitrogens is 2. The van der Waals surface area contributed by atoms with Crippen LogP contribution in [-0.4, -0.2) is 16.1 Å². The topological polar surface area (TPSA) is 63.9 Å². The fraction of sp³-hybridized carbons (Fsp3) is 0.364. The van der Waals surface area contributed by atoms with Gasteiger partial charge in [0.15, 0.2) is 0 Å². The lowest BCUT2D eigenvalue weighted by molar-refractivity contribution is 0.245. The normalized spacial score (nSPS) is 11.2. The maximum atomic E-state index is 5.67. The number of hydrogen-bond donors (Lipinski definition) is 2. The summed E-state index contributed by atoms with van der Waals surface area (Å²) >= 11 is 0. The van der Waals surface area contributed by atoms with Gasteiger partial charge < -0.3 is 15.5 Å². The molecule has 0 saturated heterocycles. The van der Waals surface area contributed by atoms with Crippen LogP contribution in [0.2, 0.25) is 0 Å². The van der Waals surface area contributed by atoms with Crippen LogP contribution < -0.4 is 10.5 Å². The standard InChI is InChI=1S/C11H15N3O/c1-7(2)15-10-3-4-13-9-5-8(6-12)14-11(9)10/h3-5,7,14H,6,12H2,1-2H3. The molecule has 0 aliphatic carbocycles. The van der Waals surface area contributed by atoms with E-state index in [0.717, 1.165) is 22.5 Å². The van der Waals surface area contributed by atoms with E-state index in [4.69, 9.17) is 10.5 Å². The van der Waals surface area contributed by atoms with Gasteiger partial charge in [0, 0.05) is 24.5 Å². The average Bonchev–Trinajstić information content (AvgIpc) is 2.61. The highest BCUT2D eigenvalue weighted by atomic mass is 16.5. The summed E-state index contributed by atoms with van der Waals surface area (Å²) in [6.07, 6.45) is 1.90. The zero-order valence-electron chi connectivity index (χ0n) is 8.95. The summed E-state index contributed by atoms with van der Waals surface area (Å²) in [6.45, 7) is 4.48. The molecule has 0 atom stereocenters. The van der Waals surface area contributed by atoms with Crippen molar-refractivity contribution in [3.05, 3.63) is 24.0 Å². The predicted molar refractivity (Wildman–Crippen MR) is 59.7 cm³/mol. The quantitative estimate of drug-likeness (QED) is 0.803. The minimum Gasteiger partial charge on any atom is -0.489 e. The van der Waals surface area contributed by atoms with Gasteiger partial charge in [-0.1, -0.05) is 0 Å². The summed E-state index contributed by atoms with van der Waals surface area (Å²) in [5, 5.41) is 0. The molecule has 2 aromatic heterocycles. The lowest BCUT2D eigenvalue weighted by Gasteiger charge is -2.09. The van der Waals surface area contributed by atoms with Gasteiger partial charge in [0.05, 0.1) is 11.6 Å². The number of nitrogens with zero attached hydrogens (tertiary/aromatic N) is 1. The molecule has 0 bridgehead atoms. The largest absolute Gasteiger partial charge is 0.489 e. The van der Waals surface area contributed by atoms with Crippen molar-refractivity contribution in [1.29, 1.82) is 0 Å². The molecule has 4 heteroatoms. The molecule has 2 aromatic rings. The Labute approximate surface area is 88.5 Å². The van der Waals surface area contributed by atoms with Gasteiger partial charge in [-0.05, 0) is 19.9 Å². The summed E-state index contributed by atoms with van der Waals surface area (Å²) in [4.78, 5) is 7.46. The van der Waals surface area contributed by atoms with E-state index in [1.54, 1.807) is 6.20 Å². The van der Waals surface area contributed by atoms with E-state index in [1.165, 1.54) is 0 Å². The van der Waals surface area contributed by atoms with Crippen LogP contribution in [0.15, 0.2) is 18.3 Å². The van der Waals surface area contributed by atoms with Crippen LogP contribution in [-0.2, 0) is 6.54 Å². The number of fused-ring (bicyclic) bond motifs is 1. The van der Waals surface area contributed by atoms with E-state index in [9.17, 15) is 0 Å². The number of rotatable bonds is 3. The smallest absolute Gasteiger partial charge is 0.146 e. The minimum atomic E-state index is 0.153. The van der Waals surface area contributed by atoms with E-state index < -0.39 is 0 Å². The number of nitrogens with one attached hydrogen (secondary N) is 1. The van der Waals surface area contributed by atoms with Gasteiger partial charge in [-0.3, -0.25) is 4.98 Å². The van der Waals surface area contributed by atoms with Crippen LogP contribution in [0, 0.1) is 0 Å². The Hall–Kier alpha value is -1.55. The molecule has 80 valence electrons. The van der Waals surface area contributed by atoms with Gasteiger partial charge in [0.2, 0.25) is 0 Å². The van der Waals surface area contributed by atoms with Crippen LogP contribution in [0.3, 0.4) is 0 Å². The number of hydrogen-bond acceptors (Lipinski definition) is 3. The average molecular weight is 205 g/mol.